The number of hydrogen-bond donors (Lipinski definition) is 1. The van der Waals surface area contributed by atoms with Gasteiger partial charge in [0, 0.05) is 36.7 Å². The van der Waals surface area contributed by atoms with E-state index < -0.39 is 11.6 Å². The monoisotopic (exact) mass is 442 g/mol. The van der Waals surface area contributed by atoms with Crippen LogP contribution in [0.1, 0.15) is 83.6 Å². The standard InChI is InChI=1S/C26H34O6/c1-22-9-6-18-19(26(22,28)11-8-17(22)15-4-5-21(27)29-14-15)7-10-25-13-16-12-20(23(18,25)2)31-24(3,30-16)32-25/h4-5,14,16-20,28H,6-13H2,1-3H3/t16-,17+,18?,19+,20+,22+,23-,24+,25-,26-/m0/s1. The molecule has 1 aromatic rings. The summed E-state index contributed by atoms with van der Waals surface area (Å²) in [6.07, 6.45) is 9.54. The van der Waals surface area contributed by atoms with Crippen molar-refractivity contribution in [3.05, 3.63) is 34.4 Å². The molecule has 8 rings (SSSR count). The van der Waals surface area contributed by atoms with E-state index in [-0.39, 0.29) is 46.1 Å². The van der Waals surface area contributed by atoms with E-state index in [1.165, 1.54) is 6.07 Å². The van der Waals surface area contributed by atoms with Crippen molar-refractivity contribution in [3.8, 4) is 0 Å². The van der Waals surface area contributed by atoms with Gasteiger partial charge in [0.05, 0.1) is 29.7 Å². The lowest BCUT2D eigenvalue weighted by Gasteiger charge is -2.74. The lowest BCUT2D eigenvalue weighted by atomic mass is 9.40. The summed E-state index contributed by atoms with van der Waals surface area (Å²) in [5.74, 6) is -0.0975. The highest BCUT2D eigenvalue weighted by atomic mass is 16.9. The zero-order valence-corrected chi connectivity index (χ0v) is 19.3. The molecule has 3 saturated heterocycles. The molecule has 4 saturated carbocycles. The Morgan fingerprint density at radius 2 is 1.81 bits per heavy atom. The van der Waals surface area contributed by atoms with E-state index in [0.717, 1.165) is 56.9 Å². The van der Waals surface area contributed by atoms with Gasteiger partial charge in [-0.2, -0.15) is 0 Å². The van der Waals surface area contributed by atoms with Crippen LogP contribution < -0.4 is 5.63 Å². The molecule has 1 unspecified atom stereocenters. The fourth-order valence-electron chi connectivity index (χ4n) is 9.76. The van der Waals surface area contributed by atoms with E-state index in [9.17, 15) is 9.90 Å². The third-order valence-electron chi connectivity index (χ3n) is 11.2. The van der Waals surface area contributed by atoms with Crippen molar-refractivity contribution in [2.45, 2.75) is 107 Å². The first-order valence-corrected chi connectivity index (χ1v) is 12.5. The molecule has 7 aliphatic rings. The highest BCUT2D eigenvalue weighted by Gasteiger charge is 2.77. The van der Waals surface area contributed by atoms with Crippen molar-refractivity contribution in [1.82, 2.24) is 0 Å². The molecule has 7 fully saturated rings. The average Bonchev–Trinajstić information content (AvgIpc) is 3.01. The van der Waals surface area contributed by atoms with E-state index in [2.05, 4.69) is 13.8 Å². The fraction of sp³-hybridized carbons (Fsp3) is 0.808. The molecule has 174 valence electrons. The fourth-order valence-corrected chi connectivity index (χ4v) is 9.76. The van der Waals surface area contributed by atoms with Crippen LogP contribution in [-0.2, 0) is 14.2 Å². The van der Waals surface area contributed by atoms with Crippen molar-refractivity contribution in [2.75, 3.05) is 0 Å². The van der Waals surface area contributed by atoms with E-state index in [0.29, 0.717) is 5.92 Å². The molecule has 1 aromatic heterocycles. The largest absolute Gasteiger partial charge is 0.431 e. The zero-order valence-electron chi connectivity index (χ0n) is 19.3. The Labute approximate surface area is 188 Å². The summed E-state index contributed by atoms with van der Waals surface area (Å²) in [5, 5.41) is 12.4. The molecular formula is C26H34O6. The van der Waals surface area contributed by atoms with Crippen LogP contribution in [0.5, 0.6) is 0 Å². The molecule has 1 spiro atoms. The predicted molar refractivity (Wildman–Crippen MR) is 115 cm³/mol. The van der Waals surface area contributed by atoms with Crippen LogP contribution in [0.4, 0.5) is 0 Å². The van der Waals surface area contributed by atoms with Crippen molar-refractivity contribution >= 4 is 0 Å². The lowest BCUT2D eigenvalue weighted by Crippen LogP contribution is -2.79. The molecule has 1 N–H and O–H groups in total. The third kappa shape index (κ3) is 2.15. The van der Waals surface area contributed by atoms with E-state index in [1.54, 1.807) is 6.26 Å². The molecule has 4 heterocycles. The van der Waals surface area contributed by atoms with Gasteiger partial charge in [-0.3, -0.25) is 0 Å². The van der Waals surface area contributed by atoms with Crippen LogP contribution in [0.2, 0.25) is 0 Å². The van der Waals surface area contributed by atoms with Crippen molar-refractivity contribution in [2.24, 2.45) is 22.7 Å². The van der Waals surface area contributed by atoms with Gasteiger partial charge in [0.15, 0.2) is 0 Å². The van der Waals surface area contributed by atoms with Crippen LogP contribution in [0, 0.1) is 22.7 Å². The van der Waals surface area contributed by atoms with Crippen LogP contribution in [0.3, 0.4) is 0 Å². The van der Waals surface area contributed by atoms with Gasteiger partial charge < -0.3 is 23.7 Å². The summed E-state index contributed by atoms with van der Waals surface area (Å²) in [4.78, 5) is 11.5. The molecule has 4 aliphatic carbocycles. The molecule has 0 radical (unpaired) electrons. The Morgan fingerprint density at radius 1 is 1.00 bits per heavy atom. The van der Waals surface area contributed by atoms with Gasteiger partial charge in [0.25, 0.3) is 5.97 Å². The van der Waals surface area contributed by atoms with Gasteiger partial charge in [0.1, 0.15) is 0 Å². The predicted octanol–water partition coefficient (Wildman–Crippen LogP) is 4.10. The summed E-state index contributed by atoms with van der Waals surface area (Å²) in [6.45, 7) is 6.60. The molecule has 6 nitrogen and oxygen atoms in total. The van der Waals surface area contributed by atoms with Crippen LogP contribution >= 0.6 is 0 Å². The number of rotatable bonds is 1. The third-order valence-corrected chi connectivity index (χ3v) is 11.2. The van der Waals surface area contributed by atoms with Gasteiger partial charge in [-0.25, -0.2) is 4.79 Å². The van der Waals surface area contributed by atoms with Gasteiger partial charge in [-0.05, 0) is 67.9 Å². The van der Waals surface area contributed by atoms with Crippen molar-refractivity contribution < 1.29 is 23.7 Å². The van der Waals surface area contributed by atoms with Crippen LogP contribution in [-0.4, -0.2) is 34.5 Å². The molecular weight excluding hydrogens is 408 g/mol. The van der Waals surface area contributed by atoms with Crippen LogP contribution in [0.15, 0.2) is 27.6 Å². The minimum atomic E-state index is -0.909. The Balaban J connectivity index is 1.27. The molecule has 0 aromatic carbocycles. The second kappa shape index (κ2) is 5.88. The zero-order chi connectivity index (χ0) is 22.1. The van der Waals surface area contributed by atoms with Crippen LogP contribution in [0.25, 0.3) is 0 Å². The van der Waals surface area contributed by atoms with E-state index in [1.807, 2.05) is 13.0 Å². The number of fused-ring (bicyclic) bond motifs is 3. The SMILES string of the molecule is C[C@@]12O[C@H]3C[C@@H](O1)[C@]1(C)C4CC[C@]5(C)[C@@H](c6ccc(=O)oc6)CC[C@]5(O)[C@@H]4CC[C@@]1(C3)O2. The van der Waals surface area contributed by atoms with Crippen molar-refractivity contribution in [3.63, 3.8) is 0 Å². The maximum atomic E-state index is 12.4. The smallest absolute Gasteiger partial charge is 0.335 e. The maximum Gasteiger partial charge on any atom is 0.335 e. The van der Waals surface area contributed by atoms with Gasteiger partial charge in [0.2, 0.25) is 0 Å². The van der Waals surface area contributed by atoms with Gasteiger partial charge in [-0.1, -0.05) is 13.8 Å². The van der Waals surface area contributed by atoms with E-state index >= 15 is 0 Å². The first-order valence-electron chi connectivity index (χ1n) is 12.5. The highest BCUT2D eigenvalue weighted by molar-refractivity contribution is 5.29. The Morgan fingerprint density at radius 3 is 2.56 bits per heavy atom. The lowest BCUT2D eigenvalue weighted by molar-refractivity contribution is -0.548. The molecule has 3 aliphatic heterocycles. The number of hydrogen-bond acceptors (Lipinski definition) is 6. The first-order chi connectivity index (χ1) is 15.1. The summed E-state index contributed by atoms with van der Waals surface area (Å²) in [6, 6.07) is 3.41. The van der Waals surface area contributed by atoms with Crippen molar-refractivity contribution in [1.29, 1.82) is 0 Å². The minimum absolute atomic E-state index is 0.107. The average molecular weight is 443 g/mol. The second-order valence-electron chi connectivity index (χ2n) is 12.1. The molecule has 6 heteroatoms. The second-order valence-corrected chi connectivity index (χ2v) is 12.1. The Kier molecular flexibility index (Phi) is 3.71. The minimum Gasteiger partial charge on any atom is -0.431 e. The number of aliphatic hydroxyl groups is 1. The van der Waals surface area contributed by atoms with Gasteiger partial charge >= 0.3 is 5.63 Å². The summed E-state index contributed by atoms with van der Waals surface area (Å²) >= 11 is 0. The molecule has 4 bridgehead atoms. The van der Waals surface area contributed by atoms with E-state index in [4.69, 9.17) is 18.6 Å². The molecule has 32 heavy (non-hydrogen) atoms. The maximum absolute atomic E-state index is 12.4. The Hall–Kier alpha value is -1.21. The highest BCUT2D eigenvalue weighted by Crippen LogP contribution is 2.74. The number of ether oxygens (including phenoxy) is 3. The summed E-state index contributed by atoms with van der Waals surface area (Å²) in [7, 11) is 0. The Bertz CT molecular complexity index is 1020. The summed E-state index contributed by atoms with van der Waals surface area (Å²) in [5.41, 5.74) is -0.538. The van der Waals surface area contributed by atoms with Gasteiger partial charge in [-0.15, -0.1) is 0 Å². The topological polar surface area (TPSA) is 78.1 Å². The quantitative estimate of drug-likeness (QED) is 0.706. The normalized spacial score (nSPS) is 57.7. The molecule has 0 amide bonds. The first kappa shape index (κ1) is 20.2. The summed E-state index contributed by atoms with van der Waals surface area (Å²) < 4.78 is 24.4. The molecule has 10 atom stereocenters.